The molecule has 2 N–H and O–H groups in total. The summed E-state index contributed by atoms with van der Waals surface area (Å²) in [5.74, 6) is 0.618. The average molecular weight is 225 g/mol. The summed E-state index contributed by atoms with van der Waals surface area (Å²) in [6.07, 6.45) is -0.401. The summed E-state index contributed by atoms with van der Waals surface area (Å²) < 4.78 is 10.2. The maximum atomic E-state index is 11.6. The summed E-state index contributed by atoms with van der Waals surface area (Å²) in [6.45, 7) is 4.11. The molecule has 2 rings (SSSR count). The van der Waals surface area contributed by atoms with Crippen LogP contribution in [0.1, 0.15) is 11.5 Å². The Labute approximate surface area is 93.3 Å². The lowest BCUT2D eigenvalue weighted by Gasteiger charge is -2.22. The molecule has 1 aromatic rings. The number of nitrogens with zero attached hydrogens (tertiary/aromatic N) is 1. The van der Waals surface area contributed by atoms with Crippen LogP contribution in [0.5, 0.6) is 0 Å². The molecule has 0 bridgehead atoms. The number of hydrogen-bond acceptors (Lipinski definition) is 5. The van der Waals surface area contributed by atoms with Gasteiger partial charge in [0.1, 0.15) is 17.6 Å². The van der Waals surface area contributed by atoms with Crippen LogP contribution in [-0.4, -0.2) is 36.9 Å². The van der Waals surface area contributed by atoms with Crippen molar-refractivity contribution < 1.29 is 14.1 Å². The van der Waals surface area contributed by atoms with Crippen LogP contribution in [-0.2, 0) is 16.1 Å². The van der Waals surface area contributed by atoms with E-state index in [9.17, 15) is 4.79 Å². The molecular weight excluding hydrogens is 210 g/mol. The first-order valence-electron chi connectivity index (χ1n) is 5.28. The molecule has 1 unspecified atom stereocenters. The fraction of sp³-hybridized carbons (Fsp3) is 0.600. The summed E-state index contributed by atoms with van der Waals surface area (Å²) in [7, 11) is 0. The van der Waals surface area contributed by atoms with Gasteiger partial charge < -0.3 is 19.9 Å². The van der Waals surface area contributed by atoms with E-state index < -0.39 is 6.10 Å². The van der Waals surface area contributed by atoms with Gasteiger partial charge in [0, 0.05) is 19.2 Å². The highest BCUT2D eigenvalue weighted by atomic mass is 16.5. The molecule has 1 amide bonds. The quantitative estimate of drug-likeness (QED) is 0.731. The zero-order valence-electron chi connectivity index (χ0n) is 9.16. The van der Waals surface area contributed by atoms with Crippen LogP contribution >= 0.6 is 0 Å². The van der Waals surface area contributed by atoms with Crippen molar-refractivity contribution in [3.8, 4) is 0 Å². The first-order valence-corrected chi connectivity index (χ1v) is 5.28. The second-order valence-corrected chi connectivity index (χ2v) is 3.71. The Morgan fingerprint density at radius 1 is 1.75 bits per heavy atom. The summed E-state index contributed by atoms with van der Waals surface area (Å²) in [4.78, 5) is 11.6. The molecule has 1 aromatic heterocycles. The lowest BCUT2D eigenvalue weighted by molar-refractivity contribution is -0.134. The van der Waals surface area contributed by atoms with E-state index in [0.29, 0.717) is 19.7 Å². The fourth-order valence-corrected chi connectivity index (χ4v) is 1.53. The van der Waals surface area contributed by atoms with E-state index in [4.69, 9.17) is 9.26 Å². The molecule has 1 fully saturated rings. The molecule has 0 spiro atoms. The van der Waals surface area contributed by atoms with Crippen LogP contribution in [0, 0.1) is 6.92 Å². The predicted molar refractivity (Wildman–Crippen MR) is 55.7 cm³/mol. The second kappa shape index (κ2) is 5.09. The lowest BCUT2D eigenvalue weighted by Crippen LogP contribution is -2.47. The number of nitrogens with one attached hydrogen (secondary N) is 2. The lowest BCUT2D eigenvalue weighted by atomic mass is 10.3. The molecule has 0 aromatic carbocycles. The van der Waals surface area contributed by atoms with Crippen LogP contribution < -0.4 is 10.6 Å². The maximum Gasteiger partial charge on any atom is 0.250 e. The van der Waals surface area contributed by atoms with Gasteiger partial charge in [0.25, 0.3) is 5.91 Å². The van der Waals surface area contributed by atoms with Crippen molar-refractivity contribution in [2.24, 2.45) is 0 Å². The molecular formula is C10H15N3O3. The average Bonchev–Trinajstić information content (AvgIpc) is 2.73. The van der Waals surface area contributed by atoms with Gasteiger partial charge in [0.2, 0.25) is 0 Å². The van der Waals surface area contributed by atoms with Gasteiger partial charge in [0.05, 0.1) is 13.2 Å². The van der Waals surface area contributed by atoms with Crippen LogP contribution in [0.4, 0.5) is 0 Å². The van der Waals surface area contributed by atoms with Crippen molar-refractivity contribution in [2.75, 3.05) is 19.7 Å². The van der Waals surface area contributed by atoms with E-state index in [2.05, 4.69) is 15.8 Å². The Morgan fingerprint density at radius 3 is 3.25 bits per heavy atom. The molecule has 6 heteroatoms. The van der Waals surface area contributed by atoms with E-state index in [-0.39, 0.29) is 5.91 Å². The molecule has 88 valence electrons. The van der Waals surface area contributed by atoms with E-state index in [1.54, 1.807) is 6.07 Å². The molecule has 6 nitrogen and oxygen atoms in total. The molecule has 0 aliphatic carbocycles. The summed E-state index contributed by atoms with van der Waals surface area (Å²) >= 11 is 0. The van der Waals surface area contributed by atoms with E-state index in [1.165, 1.54) is 0 Å². The number of amides is 1. The Bertz CT molecular complexity index is 358. The normalized spacial score (nSPS) is 20.7. The molecule has 2 heterocycles. The fourth-order valence-electron chi connectivity index (χ4n) is 1.53. The third-order valence-corrected chi connectivity index (χ3v) is 2.34. The summed E-state index contributed by atoms with van der Waals surface area (Å²) in [5.41, 5.74) is 0.717. The van der Waals surface area contributed by atoms with Crippen molar-refractivity contribution in [1.29, 1.82) is 0 Å². The number of ether oxygens (including phenoxy) is 1. The van der Waals surface area contributed by atoms with Crippen molar-refractivity contribution in [1.82, 2.24) is 15.8 Å². The highest BCUT2D eigenvalue weighted by molar-refractivity contribution is 5.81. The molecule has 1 atom stereocenters. The topological polar surface area (TPSA) is 76.4 Å². The molecule has 1 saturated heterocycles. The van der Waals surface area contributed by atoms with Crippen LogP contribution in [0.15, 0.2) is 10.6 Å². The third-order valence-electron chi connectivity index (χ3n) is 2.34. The Kier molecular flexibility index (Phi) is 3.53. The van der Waals surface area contributed by atoms with Gasteiger partial charge in [0.15, 0.2) is 0 Å². The predicted octanol–water partition coefficient (Wildman–Crippen LogP) is -0.412. The number of aryl methyl sites for hydroxylation is 1. The zero-order chi connectivity index (χ0) is 11.4. The van der Waals surface area contributed by atoms with E-state index in [0.717, 1.165) is 18.0 Å². The highest BCUT2D eigenvalue weighted by Crippen LogP contribution is 2.01. The number of rotatable bonds is 3. The largest absolute Gasteiger partial charge is 0.366 e. The SMILES string of the molecule is Cc1cc(CNC(=O)C2CNCCO2)no1. The zero-order valence-corrected chi connectivity index (χ0v) is 9.16. The van der Waals surface area contributed by atoms with Crippen molar-refractivity contribution in [2.45, 2.75) is 19.6 Å². The Balaban J connectivity index is 1.78. The number of hydrogen-bond donors (Lipinski definition) is 2. The smallest absolute Gasteiger partial charge is 0.250 e. The van der Waals surface area contributed by atoms with Gasteiger partial charge in [-0.2, -0.15) is 0 Å². The van der Waals surface area contributed by atoms with E-state index >= 15 is 0 Å². The minimum Gasteiger partial charge on any atom is -0.366 e. The molecule has 0 radical (unpaired) electrons. The number of aromatic nitrogens is 1. The summed E-state index contributed by atoms with van der Waals surface area (Å²) in [5, 5.41) is 9.64. The van der Waals surface area contributed by atoms with Gasteiger partial charge in [-0.05, 0) is 6.92 Å². The number of morpholine rings is 1. The van der Waals surface area contributed by atoms with Crippen molar-refractivity contribution in [3.63, 3.8) is 0 Å². The summed E-state index contributed by atoms with van der Waals surface area (Å²) in [6, 6.07) is 1.79. The first-order chi connectivity index (χ1) is 7.75. The Morgan fingerprint density at radius 2 is 2.62 bits per heavy atom. The second-order valence-electron chi connectivity index (χ2n) is 3.71. The van der Waals surface area contributed by atoms with Crippen LogP contribution in [0.2, 0.25) is 0 Å². The monoisotopic (exact) mass is 225 g/mol. The molecule has 1 aliphatic rings. The van der Waals surface area contributed by atoms with E-state index in [1.807, 2.05) is 6.92 Å². The van der Waals surface area contributed by atoms with Crippen LogP contribution in [0.3, 0.4) is 0 Å². The van der Waals surface area contributed by atoms with Gasteiger partial charge in [-0.3, -0.25) is 4.79 Å². The molecule has 0 saturated carbocycles. The maximum absolute atomic E-state index is 11.6. The van der Waals surface area contributed by atoms with Gasteiger partial charge in [-0.25, -0.2) is 0 Å². The van der Waals surface area contributed by atoms with Crippen molar-refractivity contribution in [3.05, 3.63) is 17.5 Å². The standard InChI is InChI=1S/C10H15N3O3/c1-7-4-8(13-16-7)5-12-10(14)9-6-11-2-3-15-9/h4,9,11H,2-3,5-6H2,1H3,(H,12,14). The van der Waals surface area contributed by atoms with Crippen molar-refractivity contribution >= 4 is 5.91 Å². The number of carbonyl (C=O) groups excluding carboxylic acids is 1. The van der Waals surface area contributed by atoms with Gasteiger partial charge in [-0.15, -0.1) is 0 Å². The third kappa shape index (κ3) is 2.80. The number of carbonyl (C=O) groups is 1. The molecule has 16 heavy (non-hydrogen) atoms. The highest BCUT2D eigenvalue weighted by Gasteiger charge is 2.21. The Hall–Kier alpha value is -1.40. The minimum absolute atomic E-state index is 0.118. The molecule has 1 aliphatic heterocycles. The first kappa shape index (κ1) is 11.1. The van der Waals surface area contributed by atoms with Gasteiger partial charge >= 0.3 is 0 Å². The minimum atomic E-state index is -0.401. The van der Waals surface area contributed by atoms with Gasteiger partial charge in [-0.1, -0.05) is 5.16 Å². The van der Waals surface area contributed by atoms with Crippen LogP contribution in [0.25, 0.3) is 0 Å².